The molecule has 0 bridgehead atoms. The van der Waals surface area contributed by atoms with E-state index >= 15 is 0 Å². The Balaban J connectivity index is 1.63. The van der Waals surface area contributed by atoms with Gasteiger partial charge in [0.1, 0.15) is 5.82 Å². The van der Waals surface area contributed by atoms with E-state index in [9.17, 15) is 9.50 Å². The molecule has 1 aliphatic heterocycles. The summed E-state index contributed by atoms with van der Waals surface area (Å²) >= 11 is 0. The van der Waals surface area contributed by atoms with Crippen LogP contribution in [0.4, 0.5) is 10.3 Å². The average Bonchev–Trinajstić information content (AvgIpc) is 2.60. The van der Waals surface area contributed by atoms with Crippen molar-refractivity contribution < 1.29 is 9.50 Å². The minimum Gasteiger partial charge on any atom is -0.393 e. The summed E-state index contributed by atoms with van der Waals surface area (Å²) in [5.41, 5.74) is 1.72. The molecule has 1 aromatic carbocycles. The van der Waals surface area contributed by atoms with Crippen molar-refractivity contribution in [2.45, 2.75) is 25.5 Å². The first-order valence-corrected chi connectivity index (χ1v) is 8.65. The molecule has 25 heavy (non-hydrogen) atoms. The first-order valence-electron chi connectivity index (χ1n) is 8.65. The van der Waals surface area contributed by atoms with E-state index in [0.717, 1.165) is 25.2 Å². The molecule has 0 saturated carbocycles. The van der Waals surface area contributed by atoms with E-state index in [1.54, 1.807) is 12.1 Å². The molecular formula is C19H25FN4O. The molecule has 0 aliphatic carbocycles. The lowest BCUT2D eigenvalue weighted by Gasteiger charge is -2.36. The predicted octanol–water partition coefficient (Wildman–Crippen LogP) is 2.11. The fourth-order valence-electron chi connectivity index (χ4n) is 3.30. The normalized spacial score (nSPS) is 21.3. The lowest BCUT2D eigenvalue weighted by Crippen LogP contribution is -2.43. The molecule has 1 N–H and O–H groups in total. The average molecular weight is 344 g/mol. The summed E-state index contributed by atoms with van der Waals surface area (Å²) in [6.07, 6.45) is 4.57. The second-order valence-electron chi connectivity index (χ2n) is 6.93. The third-order valence-corrected chi connectivity index (χ3v) is 4.72. The van der Waals surface area contributed by atoms with Gasteiger partial charge in [-0.2, -0.15) is 0 Å². The number of hydrogen-bond donors (Lipinski definition) is 1. The van der Waals surface area contributed by atoms with Gasteiger partial charge in [0.2, 0.25) is 5.95 Å². The maximum Gasteiger partial charge on any atom is 0.224 e. The zero-order valence-electron chi connectivity index (χ0n) is 14.8. The topological polar surface area (TPSA) is 52.5 Å². The second-order valence-corrected chi connectivity index (χ2v) is 6.93. The van der Waals surface area contributed by atoms with E-state index in [0.29, 0.717) is 24.4 Å². The Hall–Kier alpha value is -2.05. The van der Waals surface area contributed by atoms with Crippen LogP contribution in [0.25, 0.3) is 0 Å². The summed E-state index contributed by atoms with van der Waals surface area (Å²) in [5, 5.41) is 10.3. The number of hydrogen-bond acceptors (Lipinski definition) is 5. The number of piperidine rings is 1. The molecule has 2 atom stereocenters. The van der Waals surface area contributed by atoms with Gasteiger partial charge >= 0.3 is 0 Å². The SMILES string of the molecule is CN(C)c1ncc(CN2CC[C@H](O)[C@H](Cc3ccccc3F)C2)cn1. The quantitative estimate of drug-likeness (QED) is 0.900. The van der Waals surface area contributed by atoms with Crippen LogP contribution in [0, 0.1) is 11.7 Å². The van der Waals surface area contributed by atoms with Crippen molar-refractivity contribution in [3.63, 3.8) is 0 Å². The van der Waals surface area contributed by atoms with Crippen LogP contribution in [0.15, 0.2) is 36.7 Å². The Bertz CT molecular complexity index is 692. The highest BCUT2D eigenvalue weighted by atomic mass is 19.1. The maximum atomic E-state index is 13.9. The highest BCUT2D eigenvalue weighted by Crippen LogP contribution is 2.24. The predicted molar refractivity (Wildman–Crippen MR) is 95.9 cm³/mol. The third kappa shape index (κ3) is 4.52. The summed E-state index contributed by atoms with van der Waals surface area (Å²) in [6, 6.07) is 6.82. The molecule has 1 fully saturated rings. The van der Waals surface area contributed by atoms with Crippen molar-refractivity contribution in [2.75, 3.05) is 32.1 Å². The van der Waals surface area contributed by atoms with Crippen LogP contribution in [0.1, 0.15) is 17.5 Å². The summed E-state index contributed by atoms with van der Waals surface area (Å²) in [5.74, 6) is 0.530. The molecule has 0 radical (unpaired) electrons. The fraction of sp³-hybridized carbons (Fsp3) is 0.474. The van der Waals surface area contributed by atoms with Gasteiger partial charge in [0.25, 0.3) is 0 Å². The molecule has 0 amide bonds. The largest absolute Gasteiger partial charge is 0.393 e. The number of aromatic nitrogens is 2. The van der Waals surface area contributed by atoms with Gasteiger partial charge in [-0.05, 0) is 24.5 Å². The van der Waals surface area contributed by atoms with Crippen LogP contribution < -0.4 is 4.90 Å². The van der Waals surface area contributed by atoms with Crippen molar-refractivity contribution in [1.29, 1.82) is 0 Å². The Kier molecular flexibility index (Phi) is 5.60. The van der Waals surface area contributed by atoms with Gasteiger partial charge in [0.05, 0.1) is 6.10 Å². The van der Waals surface area contributed by atoms with Crippen LogP contribution in [0.2, 0.25) is 0 Å². The first-order chi connectivity index (χ1) is 12.0. The van der Waals surface area contributed by atoms with Gasteiger partial charge in [-0.25, -0.2) is 14.4 Å². The highest BCUT2D eigenvalue weighted by Gasteiger charge is 2.28. The smallest absolute Gasteiger partial charge is 0.224 e. The Morgan fingerprint density at radius 1 is 1.24 bits per heavy atom. The molecule has 6 heteroatoms. The number of benzene rings is 1. The number of rotatable bonds is 5. The van der Waals surface area contributed by atoms with Crippen LogP contribution >= 0.6 is 0 Å². The second kappa shape index (κ2) is 7.89. The molecule has 3 rings (SSSR count). The molecule has 0 unspecified atom stereocenters. The number of aliphatic hydroxyl groups is 1. The zero-order valence-corrected chi connectivity index (χ0v) is 14.8. The molecule has 5 nitrogen and oxygen atoms in total. The van der Waals surface area contributed by atoms with E-state index < -0.39 is 0 Å². The van der Waals surface area contributed by atoms with Gasteiger partial charge in [-0.1, -0.05) is 18.2 Å². The van der Waals surface area contributed by atoms with Gasteiger partial charge in [-0.15, -0.1) is 0 Å². The Labute approximate surface area is 148 Å². The molecule has 1 saturated heterocycles. The molecular weight excluding hydrogens is 319 g/mol. The Morgan fingerprint density at radius 2 is 1.96 bits per heavy atom. The zero-order chi connectivity index (χ0) is 17.8. The lowest BCUT2D eigenvalue weighted by molar-refractivity contribution is 0.0235. The van der Waals surface area contributed by atoms with Crippen molar-refractivity contribution in [1.82, 2.24) is 14.9 Å². The number of nitrogens with zero attached hydrogens (tertiary/aromatic N) is 4. The maximum absolute atomic E-state index is 13.9. The minimum absolute atomic E-state index is 0.0348. The minimum atomic E-state index is -0.386. The fourth-order valence-corrected chi connectivity index (χ4v) is 3.30. The van der Waals surface area contributed by atoms with Crippen LogP contribution in [-0.4, -0.2) is 53.3 Å². The van der Waals surface area contributed by atoms with Crippen molar-refractivity contribution >= 4 is 5.95 Å². The first kappa shape index (κ1) is 17.8. The summed E-state index contributed by atoms with van der Waals surface area (Å²) in [4.78, 5) is 12.8. The highest BCUT2D eigenvalue weighted by molar-refractivity contribution is 5.26. The van der Waals surface area contributed by atoms with Gasteiger partial charge in [-0.3, -0.25) is 4.90 Å². The number of likely N-dealkylation sites (tertiary alicyclic amines) is 1. The molecule has 1 aromatic heterocycles. The van der Waals surface area contributed by atoms with Crippen molar-refractivity contribution in [3.8, 4) is 0 Å². The van der Waals surface area contributed by atoms with E-state index in [-0.39, 0.29) is 17.8 Å². The number of anilines is 1. The molecule has 2 heterocycles. The van der Waals surface area contributed by atoms with Crippen LogP contribution in [-0.2, 0) is 13.0 Å². The van der Waals surface area contributed by atoms with Crippen LogP contribution in [0.3, 0.4) is 0 Å². The van der Waals surface area contributed by atoms with E-state index in [1.807, 2.05) is 37.5 Å². The van der Waals surface area contributed by atoms with E-state index in [4.69, 9.17) is 0 Å². The molecule has 134 valence electrons. The number of aliphatic hydroxyl groups excluding tert-OH is 1. The Morgan fingerprint density at radius 3 is 2.64 bits per heavy atom. The summed E-state index contributed by atoms with van der Waals surface area (Å²) < 4.78 is 13.9. The standard InChI is InChI=1S/C19H25FN4O/c1-23(2)19-21-10-14(11-22-19)12-24-8-7-18(25)16(13-24)9-15-5-3-4-6-17(15)20/h3-6,10-11,16,18,25H,7-9,12-13H2,1-2H3/t16-,18+/m1/s1. The van der Waals surface area contributed by atoms with Gasteiger partial charge in [0, 0.05) is 57.6 Å². The lowest BCUT2D eigenvalue weighted by atomic mass is 9.88. The number of halogens is 1. The molecule has 0 spiro atoms. The summed E-state index contributed by atoms with van der Waals surface area (Å²) in [6.45, 7) is 2.31. The van der Waals surface area contributed by atoms with Gasteiger partial charge in [0.15, 0.2) is 0 Å². The summed E-state index contributed by atoms with van der Waals surface area (Å²) in [7, 11) is 3.82. The van der Waals surface area contributed by atoms with Crippen LogP contribution in [0.5, 0.6) is 0 Å². The van der Waals surface area contributed by atoms with Crippen molar-refractivity contribution in [3.05, 3.63) is 53.6 Å². The van der Waals surface area contributed by atoms with E-state index in [2.05, 4.69) is 14.9 Å². The monoisotopic (exact) mass is 344 g/mol. The third-order valence-electron chi connectivity index (χ3n) is 4.72. The van der Waals surface area contributed by atoms with E-state index in [1.165, 1.54) is 6.07 Å². The van der Waals surface area contributed by atoms with Crippen molar-refractivity contribution in [2.24, 2.45) is 5.92 Å². The van der Waals surface area contributed by atoms with Gasteiger partial charge < -0.3 is 10.0 Å². The molecule has 2 aromatic rings. The molecule has 1 aliphatic rings.